The van der Waals surface area contributed by atoms with Crippen LogP contribution in [0.4, 0.5) is 0 Å². The van der Waals surface area contributed by atoms with Gasteiger partial charge in [0, 0.05) is 22.8 Å². The van der Waals surface area contributed by atoms with Crippen molar-refractivity contribution in [3.8, 4) is 11.5 Å². The van der Waals surface area contributed by atoms with E-state index in [0.29, 0.717) is 5.75 Å². The van der Waals surface area contributed by atoms with Gasteiger partial charge in [0.05, 0.1) is 0 Å². The Balaban J connectivity index is 2.19. The molecule has 0 bridgehead atoms. The summed E-state index contributed by atoms with van der Waals surface area (Å²) >= 11 is 0. The molecule has 124 valence electrons. The lowest BCUT2D eigenvalue weighted by molar-refractivity contribution is -0.0857. The van der Waals surface area contributed by atoms with Crippen molar-refractivity contribution >= 4 is 15.7 Å². The van der Waals surface area contributed by atoms with Crippen LogP contribution in [-0.2, 0) is 6.42 Å². The summed E-state index contributed by atoms with van der Waals surface area (Å²) in [6, 6.07) is 3.76. The Morgan fingerprint density at radius 3 is 2.71 bits per heavy atom. The van der Waals surface area contributed by atoms with Gasteiger partial charge in [0.15, 0.2) is 0 Å². The number of hydrogen-bond donors (Lipinski definition) is 2. The molecule has 3 rings (SSSR count). The van der Waals surface area contributed by atoms with Gasteiger partial charge in [-0.1, -0.05) is 25.0 Å². The number of phenols is 1. The third kappa shape index (κ3) is 2.67. The van der Waals surface area contributed by atoms with E-state index in [1.807, 2.05) is 12.1 Å². The van der Waals surface area contributed by atoms with E-state index in [-0.39, 0.29) is 17.6 Å². The van der Waals surface area contributed by atoms with Crippen LogP contribution in [0.25, 0.3) is 0 Å². The van der Waals surface area contributed by atoms with Crippen molar-refractivity contribution in [2.24, 2.45) is 5.92 Å². The largest absolute Gasteiger partial charge is 0.507 e. The van der Waals surface area contributed by atoms with E-state index in [2.05, 4.69) is 19.9 Å². The normalized spacial score (nSPS) is 29.2. The lowest BCUT2D eigenvalue weighted by Crippen LogP contribution is -2.64. The van der Waals surface area contributed by atoms with E-state index in [1.165, 1.54) is 5.57 Å². The fourth-order valence-corrected chi connectivity index (χ4v) is 4.17. The van der Waals surface area contributed by atoms with Crippen LogP contribution < -0.4 is 4.74 Å². The minimum atomic E-state index is -1.97. The van der Waals surface area contributed by atoms with Gasteiger partial charge in [-0.2, -0.15) is 0 Å². The van der Waals surface area contributed by atoms with Crippen LogP contribution >= 0.6 is 0 Å². The minimum absolute atomic E-state index is 0.0678. The summed E-state index contributed by atoms with van der Waals surface area (Å²) in [4.78, 5) is 0. The molecule has 0 saturated heterocycles. The van der Waals surface area contributed by atoms with Crippen molar-refractivity contribution in [1.29, 1.82) is 0 Å². The second-order valence-electron chi connectivity index (χ2n) is 7.50. The maximum Gasteiger partial charge on any atom is 0.128 e. The van der Waals surface area contributed by atoms with Crippen LogP contribution in [0.3, 0.4) is 0 Å². The van der Waals surface area contributed by atoms with E-state index < -0.39 is 11.0 Å². The van der Waals surface area contributed by atoms with Crippen molar-refractivity contribution < 1.29 is 14.9 Å². The fourth-order valence-electron chi connectivity index (χ4n) is 4.17. The Morgan fingerprint density at radius 2 is 2.08 bits per heavy atom. The highest BCUT2D eigenvalue weighted by Crippen LogP contribution is 2.55. The summed E-state index contributed by atoms with van der Waals surface area (Å²) in [5.74, 6) is 0.650. The molecule has 3 unspecified atom stereocenters. The Hall–Kier alpha value is -1.35. The van der Waals surface area contributed by atoms with Gasteiger partial charge in [-0.05, 0) is 50.8 Å². The smallest absolute Gasteiger partial charge is 0.128 e. The van der Waals surface area contributed by atoms with Crippen LogP contribution in [0.15, 0.2) is 23.8 Å². The number of aliphatic hydroxyl groups is 1. The van der Waals surface area contributed by atoms with Crippen molar-refractivity contribution in [2.45, 2.75) is 63.4 Å². The first-order chi connectivity index (χ1) is 11.2. The fraction of sp³-hybridized carbons (Fsp3) is 0.579. The summed E-state index contributed by atoms with van der Waals surface area (Å²) in [7, 11) is 11.8. The highest BCUT2D eigenvalue weighted by atomic mass is 16.5. The summed E-state index contributed by atoms with van der Waals surface area (Å²) in [5, 5.41) is 19.1. The molecule has 24 heavy (non-hydrogen) atoms. The molecular formula is C19H24B2O3. The number of hydrogen-bond acceptors (Lipinski definition) is 3. The van der Waals surface area contributed by atoms with Gasteiger partial charge < -0.3 is 14.9 Å². The highest BCUT2D eigenvalue weighted by molar-refractivity contribution is 6.39. The third-order valence-electron chi connectivity index (χ3n) is 5.62. The zero-order valence-corrected chi connectivity index (χ0v) is 14.7. The molecule has 1 heterocycles. The summed E-state index contributed by atoms with van der Waals surface area (Å²) in [6.45, 7) is 5.94. The molecule has 0 amide bonds. The molecule has 0 spiro atoms. The first-order valence-electron chi connectivity index (χ1n) is 8.69. The quantitative estimate of drug-likeness (QED) is 0.665. The van der Waals surface area contributed by atoms with Crippen LogP contribution in [0.2, 0.25) is 0 Å². The number of rotatable bonds is 3. The molecule has 1 aromatic rings. The maximum absolute atomic E-state index is 10.6. The molecule has 3 atom stereocenters. The number of aryl methyl sites for hydroxylation is 1. The molecule has 4 radical (unpaired) electrons. The molecule has 3 nitrogen and oxygen atoms in total. The molecule has 2 N–H and O–H groups in total. The molecule has 1 aromatic carbocycles. The molecule has 1 aliphatic heterocycles. The van der Waals surface area contributed by atoms with Gasteiger partial charge in [-0.25, -0.2) is 0 Å². The van der Waals surface area contributed by atoms with Crippen molar-refractivity contribution in [2.75, 3.05) is 0 Å². The zero-order chi connectivity index (χ0) is 17.7. The lowest BCUT2D eigenvalue weighted by atomic mass is 9.49. The van der Waals surface area contributed by atoms with Gasteiger partial charge in [0.25, 0.3) is 0 Å². The average Bonchev–Trinajstić information content (AvgIpc) is 2.45. The predicted molar refractivity (Wildman–Crippen MR) is 96.8 cm³/mol. The van der Waals surface area contributed by atoms with E-state index in [4.69, 9.17) is 20.4 Å². The Morgan fingerprint density at radius 1 is 1.38 bits per heavy atom. The van der Waals surface area contributed by atoms with Gasteiger partial charge in [0.2, 0.25) is 0 Å². The Bertz CT molecular complexity index is 678. The molecule has 0 saturated carbocycles. The standard InChI is InChI=1S/C19H24B2O3/c1-4-5-12-9-15(22)17-13-8-11(2)6-7-14(13)18(3,19(20,21)23)24-16(17)10-12/h8-10,13-14,22-23H,4-7H2,1-3H3. The maximum atomic E-state index is 10.6. The van der Waals surface area contributed by atoms with Crippen LogP contribution in [-0.4, -0.2) is 36.9 Å². The SMILES string of the molecule is [B]C([B])(O)C1(C)Oc2cc(CCC)cc(O)c2C2C=C(C)CCC21. The van der Waals surface area contributed by atoms with Crippen molar-refractivity contribution in [3.63, 3.8) is 0 Å². The van der Waals surface area contributed by atoms with Crippen molar-refractivity contribution in [3.05, 3.63) is 34.9 Å². The van der Waals surface area contributed by atoms with Gasteiger partial charge in [0.1, 0.15) is 32.8 Å². The number of fused-ring (bicyclic) bond motifs is 3. The summed E-state index contributed by atoms with van der Waals surface area (Å²) < 4.78 is 6.17. The third-order valence-corrected chi connectivity index (χ3v) is 5.62. The Kier molecular flexibility index (Phi) is 4.28. The van der Waals surface area contributed by atoms with Crippen LogP contribution in [0, 0.1) is 5.92 Å². The lowest BCUT2D eigenvalue weighted by Gasteiger charge is -2.54. The van der Waals surface area contributed by atoms with Crippen LogP contribution in [0.5, 0.6) is 11.5 Å². The summed E-state index contributed by atoms with van der Waals surface area (Å²) in [6.07, 6.45) is 5.67. The molecule has 0 aromatic heterocycles. The van der Waals surface area contributed by atoms with Crippen LogP contribution in [0.1, 0.15) is 57.1 Å². The number of benzene rings is 1. The van der Waals surface area contributed by atoms with Gasteiger partial charge >= 0.3 is 0 Å². The number of allylic oxidation sites excluding steroid dienone is 2. The predicted octanol–water partition coefficient (Wildman–Crippen LogP) is 2.92. The minimum Gasteiger partial charge on any atom is -0.507 e. The van der Waals surface area contributed by atoms with E-state index in [1.54, 1.807) is 6.92 Å². The monoisotopic (exact) mass is 322 g/mol. The van der Waals surface area contributed by atoms with Crippen molar-refractivity contribution in [1.82, 2.24) is 0 Å². The molecule has 0 fully saturated rings. The molecule has 1 aliphatic carbocycles. The molecule has 5 heteroatoms. The van der Waals surface area contributed by atoms with Gasteiger partial charge in [-0.15, -0.1) is 0 Å². The number of ether oxygens (including phenoxy) is 1. The highest BCUT2D eigenvalue weighted by Gasteiger charge is 2.54. The second kappa shape index (κ2) is 5.87. The zero-order valence-electron chi connectivity index (χ0n) is 14.7. The topological polar surface area (TPSA) is 49.7 Å². The molecular weight excluding hydrogens is 298 g/mol. The average molecular weight is 322 g/mol. The first kappa shape index (κ1) is 17.5. The molecule has 2 aliphatic rings. The van der Waals surface area contributed by atoms with E-state index >= 15 is 0 Å². The van der Waals surface area contributed by atoms with E-state index in [9.17, 15) is 10.2 Å². The Labute approximate surface area is 146 Å². The summed E-state index contributed by atoms with van der Waals surface area (Å²) in [5.41, 5.74) is 1.92. The second-order valence-corrected chi connectivity index (χ2v) is 7.50. The first-order valence-corrected chi connectivity index (χ1v) is 8.69. The van der Waals surface area contributed by atoms with Gasteiger partial charge in [-0.3, -0.25) is 0 Å². The number of aromatic hydroxyl groups is 1. The number of phenolic OH excluding ortho intramolecular Hbond substituents is 1. The van der Waals surface area contributed by atoms with E-state index in [0.717, 1.165) is 36.8 Å².